The molecule has 0 aliphatic carbocycles. The number of carbonyl (C=O) groups is 2. The fourth-order valence-electron chi connectivity index (χ4n) is 4.60. The minimum atomic E-state index is -3.34. The van der Waals surface area contributed by atoms with Crippen LogP contribution in [0.1, 0.15) is 17.2 Å². The molecule has 42 heavy (non-hydrogen) atoms. The summed E-state index contributed by atoms with van der Waals surface area (Å²) in [6.07, 6.45) is 4.27. The zero-order valence-electron chi connectivity index (χ0n) is 23.8. The molecule has 1 unspecified atom stereocenters. The number of morpholine rings is 1. The molecule has 4 rings (SSSR count). The highest BCUT2D eigenvalue weighted by molar-refractivity contribution is 7.90. The number of amides is 2. The van der Waals surface area contributed by atoms with Gasteiger partial charge in [0.15, 0.2) is 9.84 Å². The molecule has 0 bridgehead atoms. The fourth-order valence-corrected chi connectivity index (χ4v) is 5.23. The van der Waals surface area contributed by atoms with E-state index < -0.39 is 15.9 Å². The van der Waals surface area contributed by atoms with Gasteiger partial charge in [-0.2, -0.15) is 0 Å². The van der Waals surface area contributed by atoms with Gasteiger partial charge in [-0.1, -0.05) is 36.4 Å². The van der Waals surface area contributed by atoms with Gasteiger partial charge in [-0.25, -0.2) is 8.42 Å². The number of hydrogen-bond acceptors (Lipinski definition) is 8. The second kappa shape index (κ2) is 14.2. The largest absolute Gasteiger partial charge is 0.397 e. The van der Waals surface area contributed by atoms with Crippen LogP contribution in [0.2, 0.25) is 0 Å². The molecule has 1 heterocycles. The molecule has 0 spiro atoms. The Hall–Kier alpha value is -4.03. The quantitative estimate of drug-likeness (QED) is 0.229. The van der Waals surface area contributed by atoms with E-state index in [1.165, 1.54) is 18.2 Å². The number of ether oxygens (including phenoxy) is 1. The highest BCUT2D eigenvalue weighted by Gasteiger charge is 2.26. The SMILES string of the molecule is CN(CCN1CCOCC1)C(C(=O)Nc1ccc(S(C)(=O)=O)cc1)c1ccc(/C=C/C(=O)Nc2ccccc2N)cc1. The van der Waals surface area contributed by atoms with Gasteiger partial charge < -0.3 is 21.1 Å². The van der Waals surface area contributed by atoms with Crippen molar-refractivity contribution in [1.82, 2.24) is 9.80 Å². The van der Waals surface area contributed by atoms with Crippen LogP contribution in [0.3, 0.4) is 0 Å². The molecule has 1 aliphatic heterocycles. The van der Waals surface area contributed by atoms with E-state index in [0.717, 1.165) is 37.0 Å². The Labute approximate surface area is 247 Å². The molecule has 1 fully saturated rings. The van der Waals surface area contributed by atoms with Crippen molar-refractivity contribution in [2.75, 3.05) is 69.1 Å². The Morgan fingerprint density at radius 3 is 2.31 bits per heavy atom. The van der Waals surface area contributed by atoms with Crippen LogP contribution in [0.15, 0.2) is 83.8 Å². The molecule has 222 valence electrons. The van der Waals surface area contributed by atoms with Gasteiger partial charge in [0.1, 0.15) is 6.04 Å². The summed E-state index contributed by atoms with van der Waals surface area (Å²) in [6, 6.07) is 20.0. The lowest BCUT2D eigenvalue weighted by molar-refractivity contribution is -0.121. The smallest absolute Gasteiger partial charge is 0.248 e. The zero-order chi connectivity index (χ0) is 30.1. The van der Waals surface area contributed by atoms with Crippen LogP contribution in [0.4, 0.5) is 17.1 Å². The van der Waals surface area contributed by atoms with Crippen LogP contribution < -0.4 is 16.4 Å². The molecule has 1 saturated heterocycles. The highest BCUT2D eigenvalue weighted by atomic mass is 32.2. The summed E-state index contributed by atoms with van der Waals surface area (Å²) in [4.78, 5) is 30.5. The molecule has 3 aromatic rings. The van der Waals surface area contributed by atoms with Crippen LogP contribution in [0.5, 0.6) is 0 Å². The Bertz CT molecular complexity index is 1500. The topological polar surface area (TPSA) is 134 Å². The van der Waals surface area contributed by atoms with Gasteiger partial charge in [0.2, 0.25) is 11.8 Å². The van der Waals surface area contributed by atoms with Crippen molar-refractivity contribution in [3.8, 4) is 0 Å². The average molecular weight is 592 g/mol. The summed E-state index contributed by atoms with van der Waals surface area (Å²) in [5.74, 6) is -0.548. The van der Waals surface area contributed by atoms with Gasteiger partial charge in [0.25, 0.3) is 0 Å². The van der Waals surface area contributed by atoms with E-state index in [9.17, 15) is 18.0 Å². The lowest BCUT2D eigenvalue weighted by Crippen LogP contribution is -2.43. The van der Waals surface area contributed by atoms with E-state index in [4.69, 9.17) is 10.5 Å². The molecule has 3 aromatic carbocycles. The summed E-state index contributed by atoms with van der Waals surface area (Å²) in [6.45, 7) is 4.53. The Kier molecular flexibility index (Phi) is 10.5. The zero-order valence-corrected chi connectivity index (χ0v) is 24.6. The molecular weight excluding hydrogens is 554 g/mol. The summed E-state index contributed by atoms with van der Waals surface area (Å²) < 4.78 is 29.1. The van der Waals surface area contributed by atoms with Crippen molar-refractivity contribution in [2.45, 2.75) is 10.9 Å². The molecule has 11 heteroatoms. The normalized spacial score (nSPS) is 15.0. The molecule has 10 nitrogen and oxygen atoms in total. The number of nitrogens with one attached hydrogen (secondary N) is 2. The third kappa shape index (κ3) is 8.73. The second-order valence-corrected chi connectivity index (χ2v) is 12.2. The van der Waals surface area contributed by atoms with E-state index in [1.807, 2.05) is 36.2 Å². The minimum absolute atomic E-state index is 0.184. The number of rotatable bonds is 11. The van der Waals surface area contributed by atoms with Gasteiger partial charge in [-0.05, 0) is 60.6 Å². The van der Waals surface area contributed by atoms with E-state index in [0.29, 0.717) is 36.8 Å². The second-order valence-electron chi connectivity index (χ2n) is 10.2. The number of nitrogen functional groups attached to an aromatic ring is 1. The van der Waals surface area contributed by atoms with Crippen LogP contribution in [-0.4, -0.2) is 82.7 Å². The van der Waals surface area contributed by atoms with Crippen molar-refractivity contribution in [1.29, 1.82) is 0 Å². The number of nitrogens with two attached hydrogens (primary N) is 1. The maximum atomic E-state index is 13.6. The van der Waals surface area contributed by atoms with Crippen molar-refractivity contribution < 1.29 is 22.7 Å². The Morgan fingerprint density at radius 1 is 1.00 bits per heavy atom. The standard InChI is InChI=1S/C31H37N5O5S/c1-35(17-18-36-19-21-41-22-20-36)30(31(38)33-25-12-14-26(15-13-25)42(2,39)40)24-10-7-23(8-11-24)9-16-29(37)34-28-6-4-3-5-27(28)32/h3-16,30H,17-22,32H2,1-2H3,(H,33,38)(H,34,37)/b16-9+. The molecule has 2 amide bonds. The van der Waals surface area contributed by atoms with Crippen molar-refractivity contribution in [3.63, 3.8) is 0 Å². The number of carbonyl (C=O) groups excluding carboxylic acids is 2. The first-order valence-electron chi connectivity index (χ1n) is 13.6. The molecule has 0 saturated carbocycles. The number of sulfone groups is 1. The summed E-state index contributed by atoms with van der Waals surface area (Å²) in [5.41, 5.74) is 9.00. The van der Waals surface area contributed by atoms with Gasteiger partial charge in [-0.3, -0.25) is 19.4 Å². The van der Waals surface area contributed by atoms with Crippen LogP contribution in [0.25, 0.3) is 6.08 Å². The molecular formula is C31H37N5O5S. The molecule has 0 aromatic heterocycles. The van der Waals surface area contributed by atoms with Crippen molar-refractivity contribution >= 4 is 44.8 Å². The predicted octanol–water partition coefficient (Wildman–Crippen LogP) is 3.27. The third-order valence-electron chi connectivity index (χ3n) is 7.01. The summed E-state index contributed by atoms with van der Waals surface area (Å²) in [5, 5.41) is 5.69. The average Bonchev–Trinajstić information content (AvgIpc) is 2.97. The number of anilines is 3. The number of nitrogens with zero attached hydrogens (tertiary/aromatic N) is 2. The summed E-state index contributed by atoms with van der Waals surface area (Å²) in [7, 11) is -1.43. The first-order chi connectivity index (χ1) is 20.1. The highest BCUT2D eigenvalue weighted by Crippen LogP contribution is 2.24. The molecule has 1 atom stereocenters. The minimum Gasteiger partial charge on any atom is -0.397 e. The predicted molar refractivity (Wildman–Crippen MR) is 166 cm³/mol. The maximum Gasteiger partial charge on any atom is 0.248 e. The number of para-hydroxylation sites is 2. The molecule has 1 aliphatic rings. The maximum absolute atomic E-state index is 13.6. The van der Waals surface area contributed by atoms with Crippen LogP contribution in [0, 0.1) is 0 Å². The third-order valence-corrected chi connectivity index (χ3v) is 8.14. The van der Waals surface area contributed by atoms with E-state index >= 15 is 0 Å². The lowest BCUT2D eigenvalue weighted by atomic mass is 10.0. The first-order valence-corrected chi connectivity index (χ1v) is 15.5. The van der Waals surface area contributed by atoms with Crippen LogP contribution in [-0.2, 0) is 24.2 Å². The van der Waals surface area contributed by atoms with Gasteiger partial charge in [0.05, 0.1) is 29.5 Å². The lowest BCUT2D eigenvalue weighted by Gasteiger charge is -2.32. The monoisotopic (exact) mass is 591 g/mol. The van der Waals surface area contributed by atoms with Gasteiger partial charge in [0, 0.05) is 44.2 Å². The Balaban J connectivity index is 1.48. The van der Waals surface area contributed by atoms with Gasteiger partial charge >= 0.3 is 0 Å². The van der Waals surface area contributed by atoms with E-state index in [1.54, 1.807) is 42.5 Å². The molecule has 4 N–H and O–H groups in total. The van der Waals surface area contributed by atoms with Crippen molar-refractivity contribution in [2.24, 2.45) is 0 Å². The number of hydrogen-bond donors (Lipinski definition) is 3. The van der Waals surface area contributed by atoms with Gasteiger partial charge in [-0.15, -0.1) is 0 Å². The first kappa shape index (κ1) is 30.9. The van der Waals surface area contributed by atoms with E-state index in [2.05, 4.69) is 15.5 Å². The van der Waals surface area contributed by atoms with Crippen LogP contribution >= 0.6 is 0 Å². The number of likely N-dealkylation sites (N-methyl/N-ethyl adjacent to an activating group) is 1. The van der Waals surface area contributed by atoms with E-state index in [-0.39, 0.29) is 16.7 Å². The number of benzene rings is 3. The molecule has 0 radical (unpaired) electrons. The fraction of sp³-hybridized carbons (Fsp3) is 0.290. The van der Waals surface area contributed by atoms with Crippen molar-refractivity contribution in [3.05, 3.63) is 90.0 Å². The Morgan fingerprint density at radius 2 is 1.67 bits per heavy atom. The summed E-state index contributed by atoms with van der Waals surface area (Å²) >= 11 is 0.